The fraction of sp³-hybridized carbons (Fsp3) is 0.643. The van der Waals surface area contributed by atoms with Gasteiger partial charge in [0.1, 0.15) is 0 Å². The van der Waals surface area contributed by atoms with E-state index in [1.165, 1.54) is 37.9 Å². The number of hydrogen-bond acceptors (Lipinski definition) is 3. The van der Waals surface area contributed by atoms with Gasteiger partial charge in [-0.15, -0.1) is 24.8 Å². The summed E-state index contributed by atoms with van der Waals surface area (Å²) in [6, 6.07) is 4.93. The second-order valence-corrected chi connectivity index (χ2v) is 4.93. The number of pyridine rings is 1. The highest BCUT2D eigenvalue weighted by atomic mass is 35.5. The Morgan fingerprint density at radius 2 is 2.16 bits per heavy atom. The van der Waals surface area contributed by atoms with Gasteiger partial charge in [-0.1, -0.05) is 6.07 Å². The first kappa shape index (κ1) is 18.7. The van der Waals surface area contributed by atoms with Crippen LogP contribution < -0.4 is 5.32 Å². The molecule has 110 valence electrons. The molecule has 0 radical (unpaired) electrons. The van der Waals surface area contributed by atoms with Crippen molar-refractivity contribution >= 4 is 24.8 Å². The maximum absolute atomic E-state index is 4.16. The van der Waals surface area contributed by atoms with E-state index in [9.17, 15) is 0 Å². The molecular weight excluding hydrogens is 281 g/mol. The lowest BCUT2D eigenvalue weighted by molar-refractivity contribution is 0.227. The Bertz CT molecular complexity index is 314. The second kappa shape index (κ2) is 10.4. The van der Waals surface area contributed by atoms with Crippen LogP contribution >= 0.6 is 24.8 Å². The smallest absolute Gasteiger partial charge is 0.0300 e. The molecule has 3 nitrogen and oxygen atoms in total. The normalized spacial score (nSPS) is 19.2. The number of nitrogens with one attached hydrogen (secondary N) is 1. The summed E-state index contributed by atoms with van der Waals surface area (Å²) in [6.45, 7) is 3.49. The van der Waals surface area contributed by atoms with Gasteiger partial charge in [0, 0.05) is 25.0 Å². The second-order valence-electron chi connectivity index (χ2n) is 4.93. The van der Waals surface area contributed by atoms with E-state index in [1.807, 2.05) is 18.5 Å². The maximum atomic E-state index is 4.16. The molecule has 1 N–H and O–H groups in total. The highest BCUT2D eigenvalue weighted by Crippen LogP contribution is 2.12. The third-order valence-corrected chi connectivity index (χ3v) is 3.64. The van der Waals surface area contributed by atoms with Crippen molar-refractivity contribution in [1.29, 1.82) is 0 Å². The predicted octanol–water partition coefficient (Wildman–Crippen LogP) is 2.54. The number of nitrogens with zero attached hydrogens (tertiary/aromatic N) is 2. The van der Waals surface area contributed by atoms with Crippen LogP contribution in [0.1, 0.15) is 24.8 Å². The molecule has 19 heavy (non-hydrogen) atoms. The molecule has 1 unspecified atom stereocenters. The fourth-order valence-corrected chi connectivity index (χ4v) is 2.48. The van der Waals surface area contributed by atoms with Gasteiger partial charge in [-0.05, 0) is 57.5 Å². The minimum Gasteiger partial charge on any atom is -0.317 e. The maximum Gasteiger partial charge on any atom is 0.0300 e. The first-order chi connectivity index (χ1) is 8.36. The van der Waals surface area contributed by atoms with Crippen molar-refractivity contribution in [2.45, 2.75) is 31.7 Å². The Morgan fingerprint density at radius 3 is 2.89 bits per heavy atom. The van der Waals surface area contributed by atoms with Gasteiger partial charge in [0.05, 0.1) is 0 Å². The van der Waals surface area contributed by atoms with Crippen LogP contribution in [-0.4, -0.2) is 42.6 Å². The molecular formula is C14H25Cl2N3. The van der Waals surface area contributed by atoms with Crippen molar-refractivity contribution in [3.63, 3.8) is 0 Å². The van der Waals surface area contributed by atoms with Crippen molar-refractivity contribution in [2.75, 3.05) is 26.7 Å². The van der Waals surface area contributed by atoms with Crippen molar-refractivity contribution in [3.05, 3.63) is 30.1 Å². The van der Waals surface area contributed by atoms with E-state index in [4.69, 9.17) is 0 Å². The molecule has 0 spiro atoms. The Morgan fingerprint density at radius 1 is 1.32 bits per heavy atom. The van der Waals surface area contributed by atoms with E-state index in [0.717, 1.165) is 19.0 Å². The van der Waals surface area contributed by atoms with Crippen molar-refractivity contribution in [3.8, 4) is 0 Å². The molecule has 0 amide bonds. The molecule has 2 rings (SSSR count). The van der Waals surface area contributed by atoms with Gasteiger partial charge in [-0.3, -0.25) is 4.98 Å². The van der Waals surface area contributed by atoms with E-state index in [-0.39, 0.29) is 24.8 Å². The molecule has 2 heterocycles. The van der Waals surface area contributed by atoms with Crippen LogP contribution in [0.3, 0.4) is 0 Å². The molecule has 0 aliphatic carbocycles. The Balaban J connectivity index is 0.00000162. The zero-order valence-electron chi connectivity index (χ0n) is 11.5. The third kappa shape index (κ3) is 6.57. The monoisotopic (exact) mass is 305 g/mol. The summed E-state index contributed by atoms with van der Waals surface area (Å²) in [4.78, 5) is 6.68. The number of rotatable bonds is 4. The average Bonchev–Trinajstić information content (AvgIpc) is 2.66. The van der Waals surface area contributed by atoms with Gasteiger partial charge in [0.15, 0.2) is 0 Å². The zero-order valence-corrected chi connectivity index (χ0v) is 13.2. The summed E-state index contributed by atoms with van der Waals surface area (Å²) < 4.78 is 0. The van der Waals surface area contributed by atoms with Crippen LogP contribution in [0, 0.1) is 0 Å². The third-order valence-electron chi connectivity index (χ3n) is 3.64. The molecule has 1 saturated heterocycles. The van der Waals surface area contributed by atoms with Gasteiger partial charge >= 0.3 is 0 Å². The lowest BCUT2D eigenvalue weighted by Gasteiger charge is -2.26. The molecule has 1 atom stereocenters. The molecule has 0 saturated carbocycles. The molecule has 0 aromatic carbocycles. The van der Waals surface area contributed by atoms with Gasteiger partial charge in [0.2, 0.25) is 0 Å². The highest BCUT2D eigenvalue weighted by molar-refractivity contribution is 5.85. The Kier molecular flexibility index (Phi) is 10.2. The first-order valence-corrected chi connectivity index (χ1v) is 6.66. The average molecular weight is 306 g/mol. The molecule has 1 aromatic heterocycles. The molecule has 1 fully saturated rings. The number of halogens is 2. The first-order valence-electron chi connectivity index (χ1n) is 6.66. The van der Waals surface area contributed by atoms with E-state index in [0.29, 0.717) is 0 Å². The van der Waals surface area contributed by atoms with Gasteiger partial charge in [-0.25, -0.2) is 0 Å². The summed E-state index contributed by atoms with van der Waals surface area (Å²) in [7, 11) is 2.26. The van der Waals surface area contributed by atoms with Crippen molar-refractivity contribution < 1.29 is 0 Å². The highest BCUT2D eigenvalue weighted by Gasteiger charge is 2.16. The van der Waals surface area contributed by atoms with E-state index in [1.54, 1.807) is 0 Å². The zero-order chi connectivity index (χ0) is 11.9. The minimum absolute atomic E-state index is 0. The summed E-state index contributed by atoms with van der Waals surface area (Å²) >= 11 is 0. The number of hydrogen-bond donors (Lipinski definition) is 1. The van der Waals surface area contributed by atoms with Crippen LogP contribution in [0.2, 0.25) is 0 Å². The summed E-state index contributed by atoms with van der Waals surface area (Å²) in [5.74, 6) is 0. The van der Waals surface area contributed by atoms with Crippen LogP contribution in [0.25, 0.3) is 0 Å². The summed E-state index contributed by atoms with van der Waals surface area (Å²) in [5.41, 5.74) is 1.34. The van der Waals surface area contributed by atoms with Crippen molar-refractivity contribution in [1.82, 2.24) is 15.2 Å². The fourth-order valence-electron chi connectivity index (χ4n) is 2.48. The molecule has 1 aliphatic heterocycles. The lowest BCUT2D eigenvalue weighted by atomic mass is 10.1. The number of aromatic nitrogens is 1. The molecule has 5 heteroatoms. The van der Waals surface area contributed by atoms with Gasteiger partial charge in [0.25, 0.3) is 0 Å². The molecule has 0 bridgehead atoms. The predicted molar refractivity (Wildman–Crippen MR) is 85.6 cm³/mol. The summed E-state index contributed by atoms with van der Waals surface area (Å²) in [5, 5.41) is 3.47. The lowest BCUT2D eigenvalue weighted by Crippen LogP contribution is -2.34. The number of likely N-dealkylation sites (N-methyl/N-ethyl adjacent to an activating group) is 1. The summed E-state index contributed by atoms with van der Waals surface area (Å²) in [6.07, 6.45) is 8.84. The molecule has 1 aliphatic rings. The van der Waals surface area contributed by atoms with E-state index in [2.05, 4.69) is 28.3 Å². The van der Waals surface area contributed by atoms with Crippen LogP contribution in [0.15, 0.2) is 24.5 Å². The van der Waals surface area contributed by atoms with Gasteiger partial charge < -0.3 is 10.2 Å². The Hall–Kier alpha value is -0.350. The SMILES string of the molecule is CN(CCc1cccnc1)C1CCCNCC1.Cl.Cl. The van der Waals surface area contributed by atoms with Gasteiger partial charge in [-0.2, -0.15) is 0 Å². The van der Waals surface area contributed by atoms with Crippen LogP contribution in [-0.2, 0) is 6.42 Å². The topological polar surface area (TPSA) is 28.2 Å². The van der Waals surface area contributed by atoms with E-state index >= 15 is 0 Å². The largest absolute Gasteiger partial charge is 0.317 e. The van der Waals surface area contributed by atoms with Crippen LogP contribution in [0.5, 0.6) is 0 Å². The van der Waals surface area contributed by atoms with Crippen molar-refractivity contribution in [2.24, 2.45) is 0 Å². The Labute approximate surface area is 129 Å². The quantitative estimate of drug-likeness (QED) is 0.926. The van der Waals surface area contributed by atoms with E-state index < -0.39 is 0 Å². The molecule has 1 aromatic rings. The minimum atomic E-state index is 0. The van der Waals surface area contributed by atoms with Crippen LogP contribution in [0.4, 0.5) is 0 Å². The standard InChI is InChI=1S/C14H23N3.2ClH/c1-17(14-5-3-8-15-10-6-14)11-7-13-4-2-9-16-12-13;;/h2,4,9,12,14-15H,3,5-8,10-11H2,1H3;2*1H.